The van der Waals surface area contributed by atoms with E-state index in [0.717, 1.165) is 40.6 Å². The number of rotatable bonds is 3. The first-order valence-electron chi connectivity index (χ1n) is 8.92. The van der Waals surface area contributed by atoms with Gasteiger partial charge in [-0.2, -0.15) is 0 Å². The molecule has 1 aromatic heterocycles. The summed E-state index contributed by atoms with van der Waals surface area (Å²) in [5.74, 6) is -0.272. The van der Waals surface area contributed by atoms with E-state index in [4.69, 9.17) is 0 Å². The molecule has 142 valence electrons. The van der Waals surface area contributed by atoms with Crippen LogP contribution in [0.25, 0.3) is 11.6 Å². The molecule has 0 saturated heterocycles. The summed E-state index contributed by atoms with van der Waals surface area (Å²) in [5, 5.41) is 0. The number of aromatic nitrogens is 1. The van der Waals surface area contributed by atoms with Crippen molar-refractivity contribution in [3.05, 3.63) is 94.6 Å². The number of anilines is 1. The minimum absolute atomic E-state index is 0.272. The number of nitrogens with one attached hydrogen (secondary N) is 1. The Morgan fingerprint density at radius 3 is 2.71 bits per heavy atom. The lowest BCUT2D eigenvalue weighted by Gasteiger charge is -2.13. The molecule has 1 aliphatic carbocycles. The van der Waals surface area contributed by atoms with Crippen LogP contribution in [0.5, 0.6) is 0 Å². The smallest absolute Gasteiger partial charge is 0.229 e. The van der Waals surface area contributed by atoms with Gasteiger partial charge in [0.15, 0.2) is 0 Å². The molecule has 6 heteroatoms. The molecule has 0 spiro atoms. The maximum absolute atomic E-state index is 14.8. The van der Waals surface area contributed by atoms with Crippen molar-refractivity contribution >= 4 is 27.4 Å². The van der Waals surface area contributed by atoms with Crippen LogP contribution >= 0.6 is 0 Å². The lowest BCUT2D eigenvalue weighted by molar-refractivity contribution is 0.607. The molecule has 4 rings (SSSR count). The lowest BCUT2D eigenvalue weighted by atomic mass is 9.93. The Hall–Kier alpha value is -2.99. The highest BCUT2D eigenvalue weighted by Crippen LogP contribution is 2.36. The molecule has 0 fully saturated rings. The Morgan fingerprint density at radius 1 is 1.07 bits per heavy atom. The van der Waals surface area contributed by atoms with Gasteiger partial charge in [-0.1, -0.05) is 30.3 Å². The second kappa shape index (κ2) is 7.20. The van der Waals surface area contributed by atoms with Crippen molar-refractivity contribution in [2.24, 2.45) is 0 Å². The van der Waals surface area contributed by atoms with Gasteiger partial charge in [0.05, 0.1) is 6.26 Å². The SMILES string of the molecule is CS(=O)(=O)Nc1cccc(/C=C2/c3cccnc3CCc3cccc(F)c32)c1. The molecule has 0 saturated carbocycles. The summed E-state index contributed by atoms with van der Waals surface area (Å²) in [6.45, 7) is 0. The fourth-order valence-corrected chi connectivity index (χ4v) is 4.13. The van der Waals surface area contributed by atoms with E-state index in [-0.39, 0.29) is 5.82 Å². The van der Waals surface area contributed by atoms with Crippen LogP contribution in [0.15, 0.2) is 60.8 Å². The first kappa shape index (κ1) is 18.4. The Morgan fingerprint density at radius 2 is 1.89 bits per heavy atom. The molecule has 2 aromatic carbocycles. The van der Waals surface area contributed by atoms with Gasteiger partial charge in [-0.3, -0.25) is 9.71 Å². The van der Waals surface area contributed by atoms with Gasteiger partial charge in [-0.25, -0.2) is 12.8 Å². The van der Waals surface area contributed by atoms with Crippen molar-refractivity contribution in [2.75, 3.05) is 11.0 Å². The zero-order valence-electron chi connectivity index (χ0n) is 15.3. The third-order valence-electron chi connectivity index (χ3n) is 4.68. The number of halogens is 1. The first-order valence-corrected chi connectivity index (χ1v) is 10.8. The summed E-state index contributed by atoms with van der Waals surface area (Å²) in [7, 11) is -3.38. The highest BCUT2D eigenvalue weighted by Gasteiger charge is 2.21. The van der Waals surface area contributed by atoms with Gasteiger partial charge in [0, 0.05) is 28.7 Å². The van der Waals surface area contributed by atoms with Gasteiger partial charge in [0.2, 0.25) is 10.0 Å². The number of benzene rings is 2. The molecular weight excluding hydrogens is 375 g/mol. The van der Waals surface area contributed by atoms with E-state index in [9.17, 15) is 12.8 Å². The molecule has 1 aliphatic rings. The van der Waals surface area contributed by atoms with E-state index in [0.29, 0.717) is 17.7 Å². The predicted molar refractivity (Wildman–Crippen MR) is 110 cm³/mol. The predicted octanol–water partition coefficient (Wildman–Crippen LogP) is 4.28. The second-order valence-electron chi connectivity index (χ2n) is 6.83. The summed E-state index contributed by atoms with van der Waals surface area (Å²) in [6.07, 6.45) is 6.20. The highest BCUT2D eigenvalue weighted by atomic mass is 32.2. The Bertz CT molecular complexity index is 1190. The number of sulfonamides is 1. The van der Waals surface area contributed by atoms with Crippen LogP contribution in [0.1, 0.15) is 27.9 Å². The van der Waals surface area contributed by atoms with Crippen LogP contribution < -0.4 is 4.72 Å². The normalized spacial score (nSPS) is 14.9. The average Bonchev–Trinajstić information content (AvgIpc) is 2.79. The van der Waals surface area contributed by atoms with Gasteiger partial charge in [0.1, 0.15) is 5.82 Å². The molecule has 1 heterocycles. The van der Waals surface area contributed by atoms with E-state index >= 15 is 0 Å². The highest BCUT2D eigenvalue weighted by molar-refractivity contribution is 7.92. The zero-order valence-corrected chi connectivity index (χ0v) is 16.1. The monoisotopic (exact) mass is 394 g/mol. The second-order valence-corrected chi connectivity index (χ2v) is 8.58. The van der Waals surface area contributed by atoms with Crippen molar-refractivity contribution in [3.63, 3.8) is 0 Å². The van der Waals surface area contributed by atoms with E-state index in [2.05, 4.69) is 9.71 Å². The standard InChI is InChI=1S/C22H19FN2O2S/c1-28(26,27)25-17-7-2-5-15(13-17)14-19-18-8-4-12-24-21(18)11-10-16-6-3-9-20(23)22(16)19/h2-9,12-14,25H,10-11H2,1H3/b19-14-. The van der Waals surface area contributed by atoms with E-state index in [1.54, 1.807) is 30.5 Å². The summed E-state index contributed by atoms with van der Waals surface area (Å²) in [6, 6.07) is 16.0. The number of aryl methyl sites for hydroxylation is 2. The van der Waals surface area contributed by atoms with E-state index in [1.165, 1.54) is 6.07 Å². The maximum Gasteiger partial charge on any atom is 0.229 e. The molecule has 28 heavy (non-hydrogen) atoms. The van der Waals surface area contributed by atoms with Crippen molar-refractivity contribution in [3.8, 4) is 0 Å². The number of nitrogens with zero attached hydrogens (tertiary/aromatic N) is 1. The Kier molecular flexibility index (Phi) is 4.73. The van der Waals surface area contributed by atoms with Crippen LogP contribution in [0.2, 0.25) is 0 Å². The molecule has 0 bridgehead atoms. The van der Waals surface area contributed by atoms with Crippen LogP contribution in [-0.2, 0) is 22.9 Å². The van der Waals surface area contributed by atoms with Crippen molar-refractivity contribution < 1.29 is 12.8 Å². The molecule has 0 unspecified atom stereocenters. The average molecular weight is 394 g/mol. The molecule has 0 amide bonds. The quantitative estimate of drug-likeness (QED) is 0.721. The van der Waals surface area contributed by atoms with Crippen molar-refractivity contribution in [1.29, 1.82) is 0 Å². The maximum atomic E-state index is 14.8. The Labute approximate surface area is 163 Å². The number of hydrogen-bond donors (Lipinski definition) is 1. The van der Waals surface area contributed by atoms with Crippen LogP contribution in [-0.4, -0.2) is 19.7 Å². The number of hydrogen-bond acceptors (Lipinski definition) is 3. The van der Waals surface area contributed by atoms with Gasteiger partial charge in [0.25, 0.3) is 0 Å². The number of fused-ring (bicyclic) bond motifs is 2. The molecule has 0 aliphatic heterocycles. The minimum Gasteiger partial charge on any atom is -0.284 e. The molecule has 4 nitrogen and oxygen atoms in total. The lowest BCUT2D eigenvalue weighted by Crippen LogP contribution is -2.09. The summed E-state index contributed by atoms with van der Waals surface area (Å²) in [4.78, 5) is 4.49. The Balaban J connectivity index is 1.91. The fourth-order valence-electron chi connectivity index (χ4n) is 3.57. The largest absolute Gasteiger partial charge is 0.284 e. The van der Waals surface area contributed by atoms with Crippen molar-refractivity contribution in [2.45, 2.75) is 12.8 Å². The van der Waals surface area contributed by atoms with Crippen molar-refractivity contribution in [1.82, 2.24) is 4.98 Å². The molecule has 0 radical (unpaired) electrons. The third kappa shape index (κ3) is 3.82. The third-order valence-corrected chi connectivity index (χ3v) is 5.29. The van der Waals surface area contributed by atoms with Crippen LogP contribution in [0, 0.1) is 5.82 Å². The fraction of sp³-hybridized carbons (Fsp3) is 0.136. The molecule has 1 N–H and O–H groups in total. The van der Waals surface area contributed by atoms with E-state index < -0.39 is 10.0 Å². The summed E-state index contributed by atoms with van der Waals surface area (Å²) in [5.41, 5.74) is 5.33. The van der Waals surface area contributed by atoms with Gasteiger partial charge >= 0.3 is 0 Å². The topological polar surface area (TPSA) is 59.1 Å². The van der Waals surface area contributed by atoms with Gasteiger partial charge in [-0.05, 0) is 59.9 Å². The van der Waals surface area contributed by atoms with Gasteiger partial charge in [-0.15, -0.1) is 0 Å². The summed E-state index contributed by atoms with van der Waals surface area (Å²) < 4.78 is 40.4. The van der Waals surface area contributed by atoms with E-state index in [1.807, 2.05) is 30.3 Å². The van der Waals surface area contributed by atoms with Gasteiger partial charge < -0.3 is 0 Å². The zero-order chi connectivity index (χ0) is 19.7. The van der Waals surface area contributed by atoms with Crippen LogP contribution in [0.3, 0.4) is 0 Å². The summed E-state index contributed by atoms with van der Waals surface area (Å²) >= 11 is 0. The molecular formula is C22H19FN2O2S. The number of pyridine rings is 1. The molecule has 0 atom stereocenters. The minimum atomic E-state index is -3.38. The first-order chi connectivity index (χ1) is 13.4. The van der Waals surface area contributed by atoms with Crippen LogP contribution in [0.4, 0.5) is 10.1 Å². The molecule has 3 aromatic rings.